The molecular weight excluding hydrogens is 431 g/mol. The van der Waals surface area contributed by atoms with E-state index in [-0.39, 0.29) is 30.9 Å². The summed E-state index contributed by atoms with van der Waals surface area (Å²) in [5, 5.41) is 10.5. The van der Waals surface area contributed by atoms with Crippen LogP contribution in [0.1, 0.15) is 44.1 Å². The highest BCUT2D eigenvalue weighted by molar-refractivity contribution is 5.85. The molecule has 1 heterocycles. The molecule has 0 spiro atoms. The van der Waals surface area contributed by atoms with E-state index in [9.17, 15) is 5.11 Å². The van der Waals surface area contributed by atoms with Crippen LogP contribution < -0.4 is 0 Å². The average molecular weight is 472 g/mol. The molecule has 4 aliphatic carbocycles. The predicted molar refractivity (Wildman–Crippen MR) is 130 cm³/mol. The van der Waals surface area contributed by atoms with E-state index in [2.05, 4.69) is 40.1 Å². The minimum absolute atomic E-state index is 0. The lowest BCUT2D eigenvalue weighted by Crippen LogP contribution is -2.49. The van der Waals surface area contributed by atoms with Crippen LogP contribution in [0.4, 0.5) is 0 Å². The van der Waals surface area contributed by atoms with Crippen molar-refractivity contribution in [3.8, 4) is 0 Å². The molecule has 5 aliphatic rings. The fraction of sp³-hybridized carbons (Fsp3) is 0.760. The van der Waals surface area contributed by atoms with Crippen LogP contribution >= 0.6 is 24.8 Å². The zero-order chi connectivity index (χ0) is 19.7. The second kappa shape index (κ2) is 11.2. The number of rotatable bonds is 8. The number of β-amino-alcohol motifs (C(OH)–C–C–N with tert-alkyl or cyclic N) is 1. The predicted octanol–water partition coefficient (Wildman–Crippen LogP) is 4.24. The number of aliphatic hydroxyl groups excluding tert-OH is 1. The normalized spacial score (nSPS) is 33.5. The summed E-state index contributed by atoms with van der Waals surface area (Å²) in [6.45, 7) is 7.42. The first kappa shape index (κ1) is 25.3. The molecule has 6 heteroatoms. The summed E-state index contributed by atoms with van der Waals surface area (Å²) in [7, 11) is 0. The number of hydrogen-bond acceptors (Lipinski definition) is 4. The number of aliphatic hydroxyl groups is 1. The van der Waals surface area contributed by atoms with Crippen molar-refractivity contribution in [1.82, 2.24) is 9.80 Å². The van der Waals surface area contributed by atoms with E-state index in [4.69, 9.17) is 4.74 Å². The van der Waals surface area contributed by atoms with Gasteiger partial charge in [0.25, 0.3) is 0 Å². The molecule has 1 aliphatic heterocycles. The Morgan fingerprint density at radius 1 is 0.871 bits per heavy atom. The number of piperazine rings is 1. The van der Waals surface area contributed by atoms with Crippen molar-refractivity contribution in [3.63, 3.8) is 0 Å². The largest absolute Gasteiger partial charge is 0.389 e. The molecule has 31 heavy (non-hydrogen) atoms. The van der Waals surface area contributed by atoms with Gasteiger partial charge in [0.15, 0.2) is 0 Å². The maximum absolute atomic E-state index is 10.5. The number of halogens is 2. The third-order valence-electron chi connectivity index (χ3n) is 8.07. The van der Waals surface area contributed by atoms with Crippen molar-refractivity contribution < 1.29 is 9.84 Å². The van der Waals surface area contributed by atoms with Gasteiger partial charge in [-0.05, 0) is 67.3 Å². The zero-order valence-electron chi connectivity index (χ0n) is 18.7. The van der Waals surface area contributed by atoms with Crippen LogP contribution in [0.3, 0.4) is 0 Å². The molecule has 0 amide bonds. The number of hydrogen-bond donors (Lipinski definition) is 1. The minimum atomic E-state index is -0.357. The van der Waals surface area contributed by atoms with Gasteiger partial charge in [0.05, 0.1) is 19.3 Å². The topological polar surface area (TPSA) is 35.9 Å². The van der Waals surface area contributed by atoms with Crippen LogP contribution in [0.5, 0.6) is 0 Å². The van der Waals surface area contributed by atoms with Gasteiger partial charge < -0.3 is 9.84 Å². The summed E-state index contributed by atoms with van der Waals surface area (Å²) in [6.07, 6.45) is 8.26. The van der Waals surface area contributed by atoms with Crippen molar-refractivity contribution in [2.24, 2.45) is 23.2 Å². The lowest BCUT2D eigenvalue weighted by Gasteiger charge is -2.56. The SMILES string of the molecule is Cl.Cl.OC(COCC12CC3CC(CC(C3)C1)C2)CN1CCN(Cc2ccccc2)CC1. The molecule has 4 bridgehead atoms. The summed E-state index contributed by atoms with van der Waals surface area (Å²) in [6, 6.07) is 10.7. The second-order valence-electron chi connectivity index (χ2n) is 10.6. The van der Waals surface area contributed by atoms with Crippen molar-refractivity contribution in [2.45, 2.75) is 51.2 Å². The molecule has 0 aromatic heterocycles. The van der Waals surface area contributed by atoms with E-state index in [1.165, 1.54) is 44.1 Å². The van der Waals surface area contributed by atoms with Gasteiger partial charge in [-0.1, -0.05) is 30.3 Å². The Labute approximate surface area is 200 Å². The lowest BCUT2D eigenvalue weighted by molar-refractivity contribution is -0.107. The maximum atomic E-state index is 10.5. The fourth-order valence-corrected chi connectivity index (χ4v) is 7.20. The van der Waals surface area contributed by atoms with Gasteiger partial charge in [-0.15, -0.1) is 24.8 Å². The highest BCUT2D eigenvalue weighted by atomic mass is 35.5. The van der Waals surface area contributed by atoms with Crippen molar-refractivity contribution >= 4 is 24.8 Å². The molecule has 1 saturated heterocycles. The van der Waals surface area contributed by atoms with E-state index in [0.717, 1.165) is 63.6 Å². The smallest absolute Gasteiger partial charge is 0.0900 e. The van der Waals surface area contributed by atoms with E-state index >= 15 is 0 Å². The Morgan fingerprint density at radius 2 is 1.42 bits per heavy atom. The van der Waals surface area contributed by atoms with Crippen LogP contribution in [0.2, 0.25) is 0 Å². The Kier molecular flexibility index (Phi) is 9.11. The van der Waals surface area contributed by atoms with Crippen molar-refractivity contribution in [3.05, 3.63) is 35.9 Å². The molecule has 5 fully saturated rings. The van der Waals surface area contributed by atoms with Crippen molar-refractivity contribution in [1.29, 1.82) is 0 Å². The summed E-state index contributed by atoms with van der Waals surface area (Å²) in [5.74, 6) is 2.92. The highest BCUT2D eigenvalue weighted by Gasteiger charge is 2.50. The first-order valence-corrected chi connectivity index (χ1v) is 11.9. The molecule has 4 nitrogen and oxygen atoms in total. The molecule has 4 saturated carbocycles. The number of benzene rings is 1. The molecular formula is C25H40Cl2N2O2. The van der Waals surface area contributed by atoms with Crippen molar-refractivity contribution in [2.75, 3.05) is 45.9 Å². The van der Waals surface area contributed by atoms with E-state index in [1.807, 2.05) is 0 Å². The summed E-state index contributed by atoms with van der Waals surface area (Å²) >= 11 is 0. The first-order valence-electron chi connectivity index (χ1n) is 11.9. The van der Waals surface area contributed by atoms with Gasteiger partial charge in [0.1, 0.15) is 0 Å². The molecule has 1 unspecified atom stereocenters. The van der Waals surface area contributed by atoms with Gasteiger partial charge in [0.2, 0.25) is 0 Å². The Morgan fingerprint density at radius 3 is 2.00 bits per heavy atom. The molecule has 1 atom stereocenters. The van der Waals surface area contributed by atoms with Crippen LogP contribution in [0.15, 0.2) is 30.3 Å². The molecule has 176 valence electrons. The van der Waals surface area contributed by atoms with Gasteiger partial charge in [-0.25, -0.2) is 0 Å². The van der Waals surface area contributed by atoms with Crippen LogP contribution in [-0.4, -0.2) is 66.9 Å². The third-order valence-corrected chi connectivity index (χ3v) is 8.07. The minimum Gasteiger partial charge on any atom is -0.389 e. The molecule has 6 rings (SSSR count). The molecule has 1 N–H and O–H groups in total. The van der Waals surface area contributed by atoms with E-state index < -0.39 is 0 Å². The number of ether oxygens (including phenoxy) is 1. The second-order valence-corrected chi connectivity index (χ2v) is 10.6. The van der Waals surface area contributed by atoms with Crippen LogP contribution in [0, 0.1) is 23.2 Å². The Hall–Kier alpha value is -0.360. The molecule has 0 radical (unpaired) electrons. The fourth-order valence-electron chi connectivity index (χ4n) is 7.20. The summed E-state index contributed by atoms with van der Waals surface area (Å²) in [5.41, 5.74) is 1.84. The first-order chi connectivity index (χ1) is 14.2. The molecule has 1 aromatic rings. The van der Waals surface area contributed by atoms with Crippen LogP contribution in [0.25, 0.3) is 0 Å². The Balaban J connectivity index is 0.00000136. The lowest BCUT2D eigenvalue weighted by atomic mass is 9.50. The van der Waals surface area contributed by atoms with Gasteiger partial charge >= 0.3 is 0 Å². The third kappa shape index (κ3) is 6.37. The average Bonchev–Trinajstić information content (AvgIpc) is 2.69. The summed E-state index contributed by atoms with van der Waals surface area (Å²) < 4.78 is 6.13. The maximum Gasteiger partial charge on any atom is 0.0900 e. The Bertz CT molecular complexity index is 631. The monoisotopic (exact) mass is 470 g/mol. The zero-order valence-corrected chi connectivity index (χ0v) is 20.3. The van der Waals surface area contributed by atoms with Gasteiger partial charge in [0, 0.05) is 39.3 Å². The van der Waals surface area contributed by atoms with Crippen LogP contribution in [-0.2, 0) is 11.3 Å². The van der Waals surface area contributed by atoms with Gasteiger partial charge in [-0.3, -0.25) is 9.80 Å². The molecule has 1 aromatic carbocycles. The van der Waals surface area contributed by atoms with Gasteiger partial charge in [-0.2, -0.15) is 0 Å². The summed E-state index contributed by atoms with van der Waals surface area (Å²) in [4.78, 5) is 4.92. The quantitative estimate of drug-likeness (QED) is 0.615. The standard InChI is InChI=1S/C25H38N2O2.2ClH/c28-24(17-27-8-6-26(7-9-27)16-20-4-2-1-3-5-20)18-29-19-25-13-21-10-22(14-25)12-23(11-21)15-25;;/h1-5,21-24,28H,6-19H2;2*1H. The number of nitrogens with zero attached hydrogens (tertiary/aromatic N) is 2. The highest BCUT2D eigenvalue weighted by Crippen LogP contribution is 2.60. The van der Waals surface area contributed by atoms with E-state index in [1.54, 1.807) is 0 Å². The van der Waals surface area contributed by atoms with E-state index in [0.29, 0.717) is 12.0 Å².